The van der Waals surface area contributed by atoms with Crippen LogP contribution < -0.4 is 5.32 Å². The molecule has 1 saturated carbocycles. The summed E-state index contributed by atoms with van der Waals surface area (Å²) in [5.74, 6) is 0.327. The molecule has 3 nitrogen and oxygen atoms in total. The van der Waals surface area contributed by atoms with Crippen molar-refractivity contribution < 1.29 is 4.79 Å². The average Bonchev–Trinajstić information content (AvgIpc) is 2.72. The Labute approximate surface area is 106 Å². The van der Waals surface area contributed by atoms with Crippen molar-refractivity contribution in [1.29, 1.82) is 0 Å². The first-order valence-electron chi connectivity index (χ1n) is 6.77. The molecule has 2 aliphatic heterocycles. The number of benzene rings is 1. The van der Waals surface area contributed by atoms with Crippen molar-refractivity contribution in [3.63, 3.8) is 0 Å². The maximum Gasteiger partial charge on any atom is 0.224 e. The van der Waals surface area contributed by atoms with Crippen LogP contribution in [-0.2, 0) is 10.2 Å². The zero-order chi connectivity index (χ0) is 12.2. The topological polar surface area (TPSA) is 41.5 Å². The molecular weight excluding hydrogens is 224 g/mol. The van der Waals surface area contributed by atoms with E-state index in [9.17, 15) is 4.79 Å². The standard InChI is InChI=1S/C15H16N2O/c18-14-11-5-3-7-13-15(11,8-9-16-14)10-4-1-2-6-12(10)17-13/h1-2,4,6,11H,3,5,7-9H2,(H,16,18)/t11-,15-/m0/s1. The minimum absolute atomic E-state index is 0.0722. The van der Waals surface area contributed by atoms with Gasteiger partial charge in [0.2, 0.25) is 5.91 Å². The second-order valence-electron chi connectivity index (χ2n) is 5.53. The van der Waals surface area contributed by atoms with E-state index in [1.54, 1.807) is 0 Å². The van der Waals surface area contributed by atoms with Gasteiger partial charge in [-0.1, -0.05) is 18.2 Å². The SMILES string of the molecule is O=C1NCC[C@]23C(=Nc4ccccc42)CCC[C@@H]13. The second kappa shape index (κ2) is 3.44. The predicted molar refractivity (Wildman–Crippen MR) is 70.2 cm³/mol. The van der Waals surface area contributed by atoms with Crippen molar-refractivity contribution in [3.8, 4) is 0 Å². The molecule has 2 atom stereocenters. The van der Waals surface area contributed by atoms with E-state index in [1.807, 2.05) is 6.07 Å². The van der Waals surface area contributed by atoms with Crippen LogP contribution in [0.1, 0.15) is 31.2 Å². The van der Waals surface area contributed by atoms with E-state index in [0.29, 0.717) is 0 Å². The fraction of sp³-hybridized carbons (Fsp3) is 0.467. The number of hydrogen-bond acceptors (Lipinski definition) is 2. The zero-order valence-corrected chi connectivity index (χ0v) is 10.3. The van der Waals surface area contributed by atoms with E-state index in [-0.39, 0.29) is 17.2 Å². The zero-order valence-electron chi connectivity index (χ0n) is 10.3. The number of hydrogen-bond donors (Lipinski definition) is 1. The molecule has 0 radical (unpaired) electrons. The molecule has 18 heavy (non-hydrogen) atoms. The number of carbonyl (C=O) groups excluding carboxylic acids is 1. The largest absolute Gasteiger partial charge is 0.356 e. The molecule has 1 aliphatic carbocycles. The minimum Gasteiger partial charge on any atom is -0.356 e. The Balaban J connectivity index is 1.95. The molecule has 0 unspecified atom stereocenters. The number of para-hydroxylation sites is 1. The number of nitrogens with one attached hydrogen (secondary N) is 1. The van der Waals surface area contributed by atoms with Gasteiger partial charge >= 0.3 is 0 Å². The Kier molecular flexibility index (Phi) is 1.97. The van der Waals surface area contributed by atoms with Gasteiger partial charge in [-0.15, -0.1) is 0 Å². The highest BCUT2D eigenvalue weighted by molar-refractivity contribution is 6.06. The van der Waals surface area contributed by atoms with Gasteiger partial charge in [0.25, 0.3) is 0 Å². The van der Waals surface area contributed by atoms with Crippen LogP contribution in [0.4, 0.5) is 5.69 Å². The number of rotatable bonds is 0. The van der Waals surface area contributed by atoms with E-state index >= 15 is 0 Å². The van der Waals surface area contributed by atoms with Gasteiger partial charge in [-0.2, -0.15) is 0 Å². The molecular formula is C15H16N2O. The normalized spacial score (nSPS) is 33.0. The lowest BCUT2D eigenvalue weighted by atomic mass is 9.59. The number of piperidine rings is 1. The predicted octanol–water partition coefficient (Wildman–Crippen LogP) is 2.33. The van der Waals surface area contributed by atoms with Crippen molar-refractivity contribution in [1.82, 2.24) is 5.32 Å². The Bertz CT molecular complexity index is 563. The maximum atomic E-state index is 12.2. The van der Waals surface area contributed by atoms with Gasteiger partial charge in [0, 0.05) is 17.7 Å². The smallest absolute Gasteiger partial charge is 0.224 e. The Morgan fingerprint density at radius 3 is 3.17 bits per heavy atom. The molecule has 2 heterocycles. The average molecular weight is 240 g/mol. The van der Waals surface area contributed by atoms with Crippen molar-refractivity contribution in [2.45, 2.75) is 31.1 Å². The summed E-state index contributed by atoms with van der Waals surface area (Å²) in [5, 5.41) is 3.03. The van der Waals surface area contributed by atoms with Gasteiger partial charge < -0.3 is 5.32 Å². The lowest BCUT2D eigenvalue weighted by Crippen LogP contribution is -2.56. The van der Waals surface area contributed by atoms with Crippen molar-refractivity contribution in [2.75, 3.05) is 6.54 Å². The molecule has 0 aromatic heterocycles. The monoisotopic (exact) mass is 240 g/mol. The number of amides is 1. The Morgan fingerprint density at radius 1 is 1.33 bits per heavy atom. The number of carbonyl (C=O) groups is 1. The minimum atomic E-state index is -0.0722. The summed E-state index contributed by atoms with van der Waals surface area (Å²) in [6.45, 7) is 0.780. The molecule has 0 bridgehead atoms. The molecule has 1 aromatic carbocycles. The Hall–Kier alpha value is -1.64. The first kappa shape index (κ1) is 10.3. The third-order valence-electron chi connectivity index (χ3n) is 4.79. The van der Waals surface area contributed by atoms with Crippen LogP contribution >= 0.6 is 0 Å². The summed E-state index contributed by atoms with van der Waals surface area (Å²) in [5.41, 5.74) is 3.57. The van der Waals surface area contributed by atoms with Gasteiger partial charge in [-0.05, 0) is 37.3 Å². The highest BCUT2D eigenvalue weighted by Gasteiger charge is 2.54. The van der Waals surface area contributed by atoms with Gasteiger partial charge in [0.15, 0.2) is 0 Å². The van der Waals surface area contributed by atoms with Crippen LogP contribution in [0.5, 0.6) is 0 Å². The van der Waals surface area contributed by atoms with Gasteiger partial charge in [0.1, 0.15) is 0 Å². The van der Waals surface area contributed by atoms with Crippen LogP contribution in [0, 0.1) is 5.92 Å². The lowest BCUT2D eigenvalue weighted by Gasteiger charge is -2.45. The fourth-order valence-corrected chi connectivity index (χ4v) is 4.05. The van der Waals surface area contributed by atoms with E-state index < -0.39 is 0 Å². The highest BCUT2D eigenvalue weighted by Crippen LogP contribution is 2.53. The summed E-state index contributed by atoms with van der Waals surface area (Å²) in [6.07, 6.45) is 4.16. The molecule has 3 aliphatic rings. The Morgan fingerprint density at radius 2 is 2.22 bits per heavy atom. The van der Waals surface area contributed by atoms with Crippen molar-refractivity contribution >= 4 is 17.3 Å². The summed E-state index contributed by atoms with van der Waals surface area (Å²) in [7, 11) is 0. The number of nitrogens with zero attached hydrogens (tertiary/aromatic N) is 1. The first-order chi connectivity index (χ1) is 8.82. The van der Waals surface area contributed by atoms with Crippen LogP contribution in [-0.4, -0.2) is 18.2 Å². The first-order valence-corrected chi connectivity index (χ1v) is 6.77. The van der Waals surface area contributed by atoms with Crippen LogP contribution in [0.15, 0.2) is 29.3 Å². The van der Waals surface area contributed by atoms with Gasteiger partial charge in [-0.25, -0.2) is 0 Å². The van der Waals surface area contributed by atoms with Gasteiger partial charge in [-0.3, -0.25) is 9.79 Å². The maximum absolute atomic E-state index is 12.2. The third-order valence-corrected chi connectivity index (χ3v) is 4.79. The molecule has 4 rings (SSSR count). The number of aliphatic imine (C=N–C) groups is 1. The summed E-state index contributed by atoms with van der Waals surface area (Å²) >= 11 is 0. The molecule has 1 amide bonds. The highest BCUT2D eigenvalue weighted by atomic mass is 16.2. The molecule has 92 valence electrons. The van der Waals surface area contributed by atoms with Crippen LogP contribution in [0.25, 0.3) is 0 Å². The summed E-state index contributed by atoms with van der Waals surface area (Å²) < 4.78 is 0. The van der Waals surface area contributed by atoms with Crippen molar-refractivity contribution in [3.05, 3.63) is 29.8 Å². The fourth-order valence-electron chi connectivity index (χ4n) is 4.05. The number of fused-ring (bicyclic) bond motifs is 1. The quantitative estimate of drug-likeness (QED) is 0.743. The van der Waals surface area contributed by atoms with E-state index in [2.05, 4.69) is 23.5 Å². The van der Waals surface area contributed by atoms with Crippen LogP contribution in [0.2, 0.25) is 0 Å². The summed E-state index contributed by atoms with van der Waals surface area (Å²) in [4.78, 5) is 17.0. The van der Waals surface area contributed by atoms with Crippen molar-refractivity contribution in [2.24, 2.45) is 10.9 Å². The molecule has 1 spiro atoms. The van der Waals surface area contributed by atoms with Crippen LogP contribution in [0.3, 0.4) is 0 Å². The second-order valence-corrected chi connectivity index (χ2v) is 5.53. The molecule has 1 saturated heterocycles. The van der Waals surface area contributed by atoms with E-state index in [1.165, 1.54) is 11.3 Å². The molecule has 2 fully saturated rings. The molecule has 1 aromatic rings. The van der Waals surface area contributed by atoms with Gasteiger partial charge in [0.05, 0.1) is 11.6 Å². The third kappa shape index (κ3) is 1.10. The molecule has 1 N–H and O–H groups in total. The molecule has 3 heteroatoms. The van der Waals surface area contributed by atoms with E-state index in [0.717, 1.165) is 37.9 Å². The van der Waals surface area contributed by atoms with E-state index in [4.69, 9.17) is 4.99 Å². The summed E-state index contributed by atoms with van der Waals surface area (Å²) in [6, 6.07) is 8.36. The lowest BCUT2D eigenvalue weighted by molar-refractivity contribution is -0.129.